The fourth-order valence-electron chi connectivity index (χ4n) is 1.96. The van der Waals surface area contributed by atoms with Gasteiger partial charge in [0.05, 0.1) is 6.61 Å². The van der Waals surface area contributed by atoms with E-state index in [4.69, 9.17) is 4.74 Å². The number of nitrogens with zero attached hydrogens (tertiary/aromatic N) is 3. The second-order valence-electron chi connectivity index (χ2n) is 4.78. The summed E-state index contributed by atoms with van der Waals surface area (Å²) in [6, 6.07) is 2.04. The molecule has 1 aromatic heterocycles. The minimum absolute atomic E-state index is 0.707. The largest absolute Gasteiger partial charge is 0.383 e. The lowest BCUT2D eigenvalue weighted by molar-refractivity contribution is 0.205. The van der Waals surface area contributed by atoms with Crippen molar-refractivity contribution in [1.29, 1.82) is 0 Å². The van der Waals surface area contributed by atoms with E-state index in [0.717, 1.165) is 56.4 Å². The zero-order valence-electron chi connectivity index (χ0n) is 13.3. The number of ether oxygens (including phenoxy) is 1. The summed E-state index contributed by atoms with van der Waals surface area (Å²) in [5, 5.41) is 3.36. The minimum atomic E-state index is 0.707. The van der Waals surface area contributed by atoms with Gasteiger partial charge in [-0.25, -0.2) is 9.97 Å². The van der Waals surface area contributed by atoms with Crippen LogP contribution in [0.25, 0.3) is 0 Å². The predicted octanol–water partition coefficient (Wildman–Crippen LogP) is 2.72. The monoisotopic (exact) mass is 280 g/mol. The molecule has 0 aliphatic rings. The van der Waals surface area contributed by atoms with Gasteiger partial charge in [-0.05, 0) is 19.8 Å². The van der Waals surface area contributed by atoms with Crippen LogP contribution in [-0.2, 0) is 11.2 Å². The summed E-state index contributed by atoms with van der Waals surface area (Å²) < 4.78 is 5.17. The molecule has 0 aliphatic heterocycles. The van der Waals surface area contributed by atoms with Gasteiger partial charge in [0.15, 0.2) is 0 Å². The highest BCUT2D eigenvalue weighted by Gasteiger charge is 2.10. The van der Waals surface area contributed by atoms with Gasteiger partial charge >= 0.3 is 0 Å². The molecule has 1 N–H and O–H groups in total. The highest BCUT2D eigenvalue weighted by atomic mass is 16.5. The number of aromatic nitrogens is 2. The maximum Gasteiger partial charge on any atom is 0.134 e. The fourth-order valence-corrected chi connectivity index (χ4v) is 1.96. The van der Waals surface area contributed by atoms with Crippen molar-refractivity contribution in [3.63, 3.8) is 0 Å². The van der Waals surface area contributed by atoms with Gasteiger partial charge in [0.2, 0.25) is 0 Å². The molecule has 0 bridgehead atoms. The Morgan fingerprint density at radius 3 is 2.60 bits per heavy atom. The molecule has 114 valence electrons. The van der Waals surface area contributed by atoms with Crippen molar-refractivity contribution in [2.24, 2.45) is 0 Å². The minimum Gasteiger partial charge on any atom is -0.383 e. The first kappa shape index (κ1) is 16.7. The molecular formula is C15H28N4O. The lowest BCUT2D eigenvalue weighted by Crippen LogP contribution is -2.28. The van der Waals surface area contributed by atoms with Crippen LogP contribution in [0.2, 0.25) is 0 Å². The lowest BCUT2D eigenvalue weighted by Gasteiger charge is -2.22. The topological polar surface area (TPSA) is 50.3 Å². The van der Waals surface area contributed by atoms with Crippen LogP contribution in [0.1, 0.15) is 39.4 Å². The van der Waals surface area contributed by atoms with Gasteiger partial charge in [0, 0.05) is 39.2 Å². The summed E-state index contributed by atoms with van der Waals surface area (Å²) in [5.41, 5.74) is 0. The average molecular weight is 280 g/mol. The molecule has 1 aromatic rings. The van der Waals surface area contributed by atoms with E-state index >= 15 is 0 Å². The number of likely N-dealkylation sites (N-methyl/N-ethyl adjacent to an activating group) is 1. The van der Waals surface area contributed by atoms with E-state index < -0.39 is 0 Å². The van der Waals surface area contributed by atoms with Crippen molar-refractivity contribution < 1.29 is 4.74 Å². The third kappa shape index (κ3) is 5.33. The van der Waals surface area contributed by atoms with Gasteiger partial charge in [-0.1, -0.05) is 13.8 Å². The second-order valence-corrected chi connectivity index (χ2v) is 4.78. The van der Waals surface area contributed by atoms with Crippen LogP contribution in [-0.4, -0.2) is 43.3 Å². The van der Waals surface area contributed by atoms with E-state index in [1.165, 1.54) is 0 Å². The first-order chi connectivity index (χ1) is 9.74. The molecule has 1 heterocycles. The summed E-state index contributed by atoms with van der Waals surface area (Å²) in [5.74, 6) is 2.83. The van der Waals surface area contributed by atoms with Crippen molar-refractivity contribution >= 4 is 11.6 Å². The molecule has 0 atom stereocenters. The molecule has 0 fully saturated rings. The molecule has 0 saturated heterocycles. The average Bonchev–Trinajstić information content (AvgIpc) is 2.46. The molecular weight excluding hydrogens is 252 g/mol. The van der Waals surface area contributed by atoms with Crippen LogP contribution in [0, 0.1) is 0 Å². The molecule has 0 amide bonds. The number of hydrogen-bond acceptors (Lipinski definition) is 5. The highest BCUT2D eigenvalue weighted by molar-refractivity contribution is 5.49. The molecule has 0 aromatic carbocycles. The zero-order chi connectivity index (χ0) is 14.8. The summed E-state index contributed by atoms with van der Waals surface area (Å²) >= 11 is 0. The Bertz CT molecular complexity index is 384. The fraction of sp³-hybridized carbons (Fsp3) is 0.733. The van der Waals surface area contributed by atoms with E-state index in [1.54, 1.807) is 7.11 Å². The molecule has 5 nitrogen and oxygen atoms in total. The third-order valence-electron chi connectivity index (χ3n) is 3.06. The van der Waals surface area contributed by atoms with E-state index in [-0.39, 0.29) is 0 Å². The third-order valence-corrected chi connectivity index (χ3v) is 3.06. The Hall–Kier alpha value is -1.36. The van der Waals surface area contributed by atoms with Gasteiger partial charge in [-0.3, -0.25) is 0 Å². The van der Waals surface area contributed by atoms with Crippen LogP contribution < -0.4 is 10.2 Å². The SMILES string of the molecule is CCCNc1cc(N(CC)CCOC)nc(CCC)n1. The number of aryl methyl sites for hydroxylation is 1. The van der Waals surface area contributed by atoms with Gasteiger partial charge in [-0.2, -0.15) is 0 Å². The predicted molar refractivity (Wildman–Crippen MR) is 84.6 cm³/mol. The summed E-state index contributed by atoms with van der Waals surface area (Å²) in [6.07, 6.45) is 3.06. The Balaban J connectivity index is 2.92. The van der Waals surface area contributed by atoms with Crippen LogP contribution in [0.3, 0.4) is 0 Å². The lowest BCUT2D eigenvalue weighted by atomic mass is 10.3. The van der Waals surface area contributed by atoms with E-state index in [1.807, 2.05) is 6.07 Å². The maximum absolute atomic E-state index is 5.17. The highest BCUT2D eigenvalue weighted by Crippen LogP contribution is 2.16. The molecule has 5 heteroatoms. The quantitative estimate of drug-likeness (QED) is 0.714. The van der Waals surface area contributed by atoms with Crippen molar-refractivity contribution in [1.82, 2.24) is 9.97 Å². The van der Waals surface area contributed by atoms with Crippen LogP contribution in [0.15, 0.2) is 6.07 Å². The Kier molecular flexibility index (Phi) is 7.95. The molecule has 1 rings (SSSR count). The van der Waals surface area contributed by atoms with Crippen molar-refractivity contribution in [3.05, 3.63) is 11.9 Å². The molecule has 0 saturated carbocycles. The second kappa shape index (κ2) is 9.53. The standard InChI is InChI=1S/C15H28N4O/c1-5-8-13-17-14(16-9-6-2)12-15(18-13)19(7-3)10-11-20-4/h12H,5-11H2,1-4H3,(H,16,17,18). The maximum atomic E-state index is 5.17. The Labute approximate surface area is 122 Å². The number of methoxy groups -OCH3 is 1. The molecule has 0 radical (unpaired) electrons. The molecule has 0 aliphatic carbocycles. The summed E-state index contributed by atoms with van der Waals surface area (Å²) in [4.78, 5) is 11.5. The smallest absolute Gasteiger partial charge is 0.134 e. The van der Waals surface area contributed by atoms with E-state index in [0.29, 0.717) is 6.61 Å². The zero-order valence-corrected chi connectivity index (χ0v) is 13.3. The first-order valence-electron chi connectivity index (χ1n) is 7.60. The van der Waals surface area contributed by atoms with Crippen molar-refractivity contribution in [2.75, 3.05) is 43.6 Å². The van der Waals surface area contributed by atoms with Crippen LogP contribution in [0.4, 0.5) is 11.6 Å². The summed E-state index contributed by atoms with van der Waals surface area (Å²) in [7, 11) is 1.73. The number of anilines is 2. The van der Waals surface area contributed by atoms with Gasteiger partial charge < -0.3 is 15.0 Å². The van der Waals surface area contributed by atoms with Gasteiger partial charge in [0.25, 0.3) is 0 Å². The number of nitrogens with one attached hydrogen (secondary N) is 1. The van der Waals surface area contributed by atoms with Crippen molar-refractivity contribution in [3.8, 4) is 0 Å². The van der Waals surface area contributed by atoms with E-state index in [9.17, 15) is 0 Å². The molecule has 20 heavy (non-hydrogen) atoms. The van der Waals surface area contributed by atoms with Crippen LogP contribution in [0.5, 0.6) is 0 Å². The van der Waals surface area contributed by atoms with Crippen molar-refractivity contribution in [2.45, 2.75) is 40.0 Å². The molecule has 0 spiro atoms. The summed E-state index contributed by atoms with van der Waals surface area (Å²) in [6.45, 7) is 9.85. The molecule has 0 unspecified atom stereocenters. The normalized spacial score (nSPS) is 10.6. The number of rotatable bonds is 10. The van der Waals surface area contributed by atoms with Crippen LogP contribution >= 0.6 is 0 Å². The number of hydrogen-bond donors (Lipinski definition) is 1. The first-order valence-corrected chi connectivity index (χ1v) is 7.60. The Morgan fingerprint density at radius 2 is 2.00 bits per heavy atom. The van der Waals surface area contributed by atoms with Gasteiger partial charge in [0.1, 0.15) is 17.5 Å². The Morgan fingerprint density at radius 1 is 1.20 bits per heavy atom. The van der Waals surface area contributed by atoms with Gasteiger partial charge in [-0.15, -0.1) is 0 Å². The van der Waals surface area contributed by atoms with E-state index in [2.05, 4.69) is 41.0 Å².